The number of rotatable bonds is 3. The fraction of sp³-hybridized carbons (Fsp3) is 0.357. The van der Waals surface area contributed by atoms with Gasteiger partial charge in [-0.2, -0.15) is 0 Å². The monoisotopic (exact) mass is 323 g/mol. The van der Waals surface area contributed by atoms with Crippen molar-refractivity contribution in [3.63, 3.8) is 0 Å². The highest BCUT2D eigenvalue weighted by atomic mass is 32.2. The van der Waals surface area contributed by atoms with Crippen LogP contribution in [0.4, 0.5) is 5.13 Å². The fourth-order valence-corrected chi connectivity index (χ4v) is 4.73. The summed E-state index contributed by atoms with van der Waals surface area (Å²) in [4.78, 5) is 5.67. The first kappa shape index (κ1) is 14.5. The lowest BCUT2D eigenvalue weighted by Crippen LogP contribution is -2.38. The Kier molecular flexibility index (Phi) is 3.73. The Morgan fingerprint density at radius 1 is 1.33 bits per heavy atom. The van der Waals surface area contributed by atoms with Crippen molar-refractivity contribution in [2.75, 3.05) is 5.73 Å². The number of nitrogens with zero attached hydrogens (tertiary/aromatic N) is 1. The standard InChI is InChI=1S/C14H17N3O2S2/c1-9-2-5-11(6-3-9)21(18,19)17-10-4-7-12-13(8-10)20-14(15)16-12/h2-3,5-6,10,17H,4,7-8H2,1H3,(H2,15,16). The molecule has 0 aliphatic heterocycles. The van der Waals surface area contributed by atoms with E-state index in [0.29, 0.717) is 16.4 Å². The van der Waals surface area contributed by atoms with Gasteiger partial charge in [0.05, 0.1) is 10.6 Å². The quantitative estimate of drug-likeness (QED) is 0.903. The minimum atomic E-state index is -3.47. The number of benzene rings is 1. The van der Waals surface area contributed by atoms with Crippen LogP contribution in [-0.4, -0.2) is 19.4 Å². The van der Waals surface area contributed by atoms with Gasteiger partial charge in [0.15, 0.2) is 5.13 Å². The Bertz CT molecular complexity index is 751. The van der Waals surface area contributed by atoms with E-state index in [4.69, 9.17) is 5.73 Å². The summed E-state index contributed by atoms with van der Waals surface area (Å²) in [7, 11) is -3.47. The lowest BCUT2D eigenvalue weighted by Gasteiger charge is -2.22. The number of fused-ring (bicyclic) bond motifs is 1. The number of nitrogens with one attached hydrogen (secondary N) is 1. The van der Waals surface area contributed by atoms with Gasteiger partial charge in [-0.1, -0.05) is 17.7 Å². The summed E-state index contributed by atoms with van der Waals surface area (Å²) >= 11 is 1.45. The summed E-state index contributed by atoms with van der Waals surface area (Å²) in [5, 5.41) is 0.557. The summed E-state index contributed by atoms with van der Waals surface area (Å²) in [6.07, 6.45) is 2.18. The highest BCUT2D eigenvalue weighted by Gasteiger charge is 2.26. The lowest BCUT2D eigenvalue weighted by atomic mass is 9.99. The molecule has 1 aliphatic rings. The van der Waals surface area contributed by atoms with E-state index in [2.05, 4.69) is 9.71 Å². The van der Waals surface area contributed by atoms with E-state index in [1.165, 1.54) is 11.3 Å². The molecule has 21 heavy (non-hydrogen) atoms. The zero-order chi connectivity index (χ0) is 15.0. The number of sulfonamides is 1. The number of aryl methyl sites for hydroxylation is 2. The molecule has 1 aromatic carbocycles. The molecule has 0 radical (unpaired) electrons. The summed E-state index contributed by atoms with van der Waals surface area (Å²) in [6, 6.07) is 6.78. The maximum absolute atomic E-state index is 12.4. The molecule has 0 bridgehead atoms. The van der Waals surface area contributed by atoms with Gasteiger partial charge in [-0.25, -0.2) is 18.1 Å². The molecule has 1 unspecified atom stereocenters. The molecule has 112 valence electrons. The van der Waals surface area contributed by atoms with Crippen LogP contribution in [0, 0.1) is 6.92 Å². The van der Waals surface area contributed by atoms with Crippen LogP contribution in [0.2, 0.25) is 0 Å². The zero-order valence-corrected chi connectivity index (χ0v) is 13.3. The van der Waals surface area contributed by atoms with Crippen LogP contribution in [0.25, 0.3) is 0 Å². The smallest absolute Gasteiger partial charge is 0.240 e. The molecule has 7 heteroatoms. The third-order valence-corrected chi connectivity index (χ3v) is 6.09. The Morgan fingerprint density at radius 2 is 2.05 bits per heavy atom. The summed E-state index contributed by atoms with van der Waals surface area (Å²) < 4.78 is 27.6. The van der Waals surface area contributed by atoms with Gasteiger partial charge in [0.1, 0.15) is 0 Å². The van der Waals surface area contributed by atoms with Crippen LogP contribution >= 0.6 is 11.3 Å². The van der Waals surface area contributed by atoms with Crippen LogP contribution in [-0.2, 0) is 22.9 Å². The van der Waals surface area contributed by atoms with Crippen molar-refractivity contribution in [3.8, 4) is 0 Å². The van der Waals surface area contributed by atoms with E-state index < -0.39 is 10.0 Å². The van der Waals surface area contributed by atoms with Gasteiger partial charge in [0.2, 0.25) is 10.0 Å². The molecule has 1 aliphatic carbocycles. The number of nitrogens with two attached hydrogens (primary N) is 1. The number of aromatic nitrogens is 1. The zero-order valence-electron chi connectivity index (χ0n) is 11.7. The molecule has 0 saturated heterocycles. The summed E-state index contributed by atoms with van der Waals surface area (Å²) in [5.74, 6) is 0. The first-order valence-corrected chi connectivity index (χ1v) is 9.07. The van der Waals surface area contributed by atoms with Crippen molar-refractivity contribution >= 4 is 26.5 Å². The fourth-order valence-electron chi connectivity index (χ4n) is 2.50. The minimum absolute atomic E-state index is 0.0938. The first-order chi connectivity index (χ1) is 9.94. The average molecular weight is 323 g/mol. The molecule has 0 saturated carbocycles. The predicted molar refractivity (Wildman–Crippen MR) is 83.8 cm³/mol. The van der Waals surface area contributed by atoms with E-state index >= 15 is 0 Å². The van der Waals surface area contributed by atoms with Crippen molar-refractivity contribution in [1.29, 1.82) is 0 Å². The van der Waals surface area contributed by atoms with Crippen LogP contribution in [0.1, 0.15) is 22.6 Å². The summed E-state index contributed by atoms with van der Waals surface area (Å²) in [5.41, 5.74) is 7.76. The topological polar surface area (TPSA) is 85.1 Å². The second-order valence-electron chi connectivity index (χ2n) is 5.30. The molecular formula is C14H17N3O2S2. The van der Waals surface area contributed by atoms with E-state index in [1.807, 2.05) is 6.92 Å². The van der Waals surface area contributed by atoms with Gasteiger partial charge < -0.3 is 5.73 Å². The summed E-state index contributed by atoms with van der Waals surface area (Å²) in [6.45, 7) is 1.93. The Morgan fingerprint density at radius 3 is 2.76 bits per heavy atom. The van der Waals surface area contributed by atoms with E-state index in [1.54, 1.807) is 24.3 Å². The SMILES string of the molecule is Cc1ccc(S(=O)(=O)NC2CCc3nc(N)sc3C2)cc1. The molecular weight excluding hydrogens is 306 g/mol. The molecule has 1 atom stereocenters. The third kappa shape index (κ3) is 3.09. The molecule has 1 heterocycles. The largest absolute Gasteiger partial charge is 0.375 e. The van der Waals surface area contributed by atoms with Gasteiger partial charge in [0, 0.05) is 17.3 Å². The molecule has 1 aromatic heterocycles. The lowest BCUT2D eigenvalue weighted by molar-refractivity contribution is 0.508. The van der Waals surface area contributed by atoms with E-state index in [-0.39, 0.29) is 6.04 Å². The predicted octanol–water partition coefficient (Wildman–Crippen LogP) is 1.87. The Hall–Kier alpha value is -1.44. The highest BCUT2D eigenvalue weighted by molar-refractivity contribution is 7.89. The van der Waals surface area contributed by atoms with Gasteiger partial charge in [0.25, 0.3) is 0 Å². The van der Waals surface area contributed by atoms with Gasteiger partial charge >= 0.3 is 0 Å². The molecule has 3 N–H and O–H groups in total. The van der Waals surface area contributed by atoms with Crippen LogP contribution in [0.15, 0.2) is 29.2 Å². The Labute approximate surface area is 128 Å². The van der Waals surface area contributed by atoms with E-state index in [0.717, 1.165) is 29.0 Å². The Balaban J connectivity index is 1.76. The molecule has 0 fully saturated rings. The second-order valence-corrected chi connectivity index (χ2v) is 8.13. The van der Waals surface area contributed by atoms with Crippen molar-refractivity contribution < 1.29 is 8.42 Å². The number of hydrogen-bond acceptors (Lipinski definition) is 5. The van der Waals surface area contributed by atoms with Gasteiger partial charge in [-0.3, -0.25) is 0 Å². The second kappa shape index (κ2) is 5.40. The molecule has 3 rings (SSSR count). The maximum Gasteiger partial charge on any atom is 0.240 e. The van der Waals surface area contributed by atoms with Crippen LogP contribution < -0.4 is 10.5 Å². The van der Waals surface area contributed by atoms with Crippen molar-refractivity contribution in [2.45, 2.75) is 37.1 Å². The molecule has 2 aromatic rings. The first-order valence-electron chi connectivity index (χ1n) is 6.77. The molecule has 0 spiro atoms. The maximum atomic E-state index is 12.4. The molecule has 0 amide bonds. The average Bonchev–Trinajstić information content (AvgIpc) is 2.78. The number of hydrogen-bond donors (Lipinski definition) is 2. The number of nitrogen functional groups attached to an aromatic ring is 1. The number of thiazole rings is 1. The molecule has 5 nitrogen and oxygen atoms in total. The minimum Gasteiger partial charge on any atom is -0.375 e. The van der Waals surface area contributed by atoms with Crippen molar-refractivity contribution in [3.05, 3.63) is 40.4 Å². The van der Waals surface area contributed by atoms with Crippen molar-refractivity contribution in [2.24, 2.45) is 0 Å². The van der Waals surface area contributed by atoms with E-state index in [9.17, 15) is 8.42 Å². The normalized spacial score (nSPS) is 18.4. The van der Waals surface area contributed by atoms with Gasteiger partial charge in [-0.15, -0.1) is 11.3 Å². The van der Waals surface area contributed by atoms with Crippen molar-refractivity contribution in [1.82, 2.24) is 9.71 Å². The number of anilines is 1. The highest BCUT2D eigenvalue weighted by Crippen LogP contribution is 2.28. The van der Waals surface area contributed by atoms with Crippen LogP contribution in [0.5, 0.6) is 0 Å². The van der Waals surface area contributed by atoms with Gasteiger partial charge in [-0.05, 0) is 31.9 Å². The van der Waals surface area contributed by atoms with Crippen LogP contribution in [0.3, 0.4) is 0 Å². The third-order valence-electron chi connectivity index (χ3n) is 3.61.